The van der Waals surface area contributed by atoms with Crippen molar-refractivity contribution < 1.29 is 13.2 Å². The summed E-state index contributed by atoms with van der Waals surface area (Å²) in [5.41, 5.74) is 0. The average molecular weight is 306 g/mol. The van der Waals surface area contributed by atoms with Gasteiger partial charge in [-0.25, -0.2) is 8.42 Å². The quantitative estimate of drug-likeness (QED) is 0.757. The summed E-state index contributed by atoms with van der Waals surface area (Å²) in [6.07, 6.45) is 3.63. The van der Waals surface area contributed by atoms with Crippen molar-refractivity contribution in [1.29, 1.82) is 0 Å². The van der Waals surface area contributed by atoms with Gasteiger partial charge < -0.3 is 10.6 Å². The second kappa shape index (κ2) is 6.95. The number of sulfone groups is 1. The van der Waals surface area contributed by atoms with Gasteiger partial charge in [-0.05, 0) is 38.8 Å². The first kappa shape index (κ1) is 15.1. The van der Waals surface area contributed by atoms with Gasteiger partial charge in [-0.2, -0.15) is 0 Å². The van der Waals surface area contributed by atoms with Crippen molar-refractivity contribution in [2.24, 2.45) is 0 Å². The molecule has 2 aliphatic heterocycles. The van der Waals surface area contributed by atoms with Crippen LogP contribution in [0.15, 0.2) is 0 Å². The minimum atomic E-state index is -2.95. The van der Waals surface area contributed by atoms with Gasteiger partial charge in [0.1, 0.15) is 0 Å². The Kier molecular flexibility index (Phi) is 5.53. The lowest BCUT2D eigenvalue weighted by molar-refractivity contribution is -0.118. The van der Waals surface area contributed by atoms with Crippen LogP contribution in [0.25, 0.3) is 0 Å². The molecule has 0 aliphatic carbocycles. The fourth-order valence-electron chi connectivity index (χ4n) is 2.52. The van der Waals surface area contributed by atoms with Crippen molar-refractivity contribution in [2.45, 2.75) is 36.2 Å². The molecule has 1 atom stereocenters. The first-order valence-electron chi connectivity index (χ1n) is 6.88. The molecule has 2 N–H and O–H groups in total. The van der Waals surface area contributed by atoms with Crippen molar-refractivity contribution in [2.75, 3.05) is 31.1 Å². The molecule has 2 fully saturated rings. The van der Waals surface area contributed by atoms with Crippen molar-refractivity contribution >= 4 is 27.5 Å². The van der Waals surface area contributed by atoms with Crippen LogP contribution in [0, 0.1) is 0 Å². The summed E-state index contributed by atoms with van der Waals surface area (Å²) in [7, 11) is -2.95. The highest BCUT2D eigenvalue weighted by Crippen LogP contribution is 2.21. The third-order valence-electron chi connectivity index (χ3n) is 3.73. The Morgan fingerprint density at radius 3 is 2.63 bits per heavy atom. The van der Waals surface area contributed by atoms with Gasteiger partial charge in [0.15, 0.2) is 9.84 Å². The zero-order valence-electron chi connectivity index (χ0n) is 11.1. The van der Waals surface area contributed by atoms with E-state index in [-0.39, 0.29) is 23.5 Å². The molecule has 1 amide bonds. The fourth-order valence-corrected chi connectivity index (χ4v) is 5.35. The van der Waals surface area contributed by atoms with Crippen molar-refractivity contribution in [3.05, 3.63) is 0 Å². The first-order valence-corrected chi connectivity index (χ1v) is 9.65. The molecule has 0 spiro atoms. The van der Waals surface area contributed by atoms with Crippen molar-refractivity contribution in [3.8, 4) is 0 Å². The van der Waals surface area contributed by atoms with E-state index in [1.54, 1.807) is 11.8 Å². The first-order chi connectivity index (χ1) is 9.08. The number of thioether (sulfide) groups is 1. The Bertz CT molecular complexity index is 405. The third kappa shape index (κ3) is 4.65. The molecule has 7 heteroatoms. The number of hydrogen-bond acceptors (Lipinski definition) is 5. The Balaban J connectivity index is 1.64. The summed E-state index contributed by atoms with van der Waals surface area (Å²) in [5.74, 6) is 0.681. The zero-order valence-corrected chi connectivity index (χ0v) is 12.7. The summed E-state index contributed by atoms with van der Waals surface area (Å²) in [6, 6.07) is 0. The molecule has 1 unspecified atom stereocenters. The molecule has 5 nitrogen and oxygen atoms in total. The maximum absolute atomic E-state index is 11.7. The van der Waals surface area contributed by atoms with E-state index in [0.717, 1.165) is 32.4 Å². The molecule has 19 heavy (non-hydrogen) atoms. The number of carbonyl (C=O) groups excluding carboxylic acids is 1. The van der Waals surface area contributed by atoms with Crippen LogP contribution in [0.4, 0.5) is 0 Å². The van der Waals surface area contributed by atoms with Gasteiger partial charge in [0.25, 0.3) is 0 Å². The van der Waals surface area contributed by atoms with Crippen LogP contribution in [-0.4, -0.2) is 56.0 Å². The summed E-state index contributed by atoms with van der Waals surface area (Å²) >= 11 is 1.69. The Labute approximate surface area is 119 Å². The molecule has 0 radical (unpaired) electrons. The number of hydrogen-bond donors (Lipinski definition) is 2. The molecule has 0 aromatic heterocycles. The van der Waals surface area contributed by atoms with E-state index in [9.17, 15) is 13.2 Å². The molecule has 0 aromatic rings. The molecule has 110 valence electrons. The molecule has 2 aliphatic rings. The lowest BCUT2D eigenvalue weighted by atomic mass is 10.2. The second-order valence-corrected chi connectivity index (χ2v) is 8.88. The van der Waals surface area contributed by atoms with E-state index in [4.69, 9.17) is 0 Å². The molecule has 0 aromatic carbocycles. The van der Waals surface area contributed by atoms with E-state index >= 15 is 0 Å². The Morgan fingerprint density at radius 1 is 1.26 bits per heavy atom. The minimum absolute atomic E-state index is 0.0365. The van der Waals surface area contributed by atoms with Crippen LogP contribution in [-0.2, 0) is 14.6 Å². The van der Waals surface area contributed by atoms with Crippen LogP contribution in [0.5, 0.6) is 0 Å². The largest absolute Gasteiger partial charge is 0.354 e. The monoisotopic (exact) mass is 306 g/mol. The minimum Gasteiger partial charge on any atom is -0.354 e. The highest BCUT2D eigenvalue weighted by Gasteiger charge is 2.31. The van der Waals surface area contributed by atoms with Gasteiger partial charge >= 0.3 is 0 Å². The van der Waals surface area contributed by atoms with E-state index in [0.29, 0.717) is 17.4 Å². The number of piperidine rings is 1. The molecule has 0 saturated carbocycles. The number of carbonyl (C=O) groups is 1. The van der Waals surface area contributed by atoms with E-state index in [1.165, 1.54) is 0 Å². The summed E-state index contributed by atoms with van der Waals surface area (Å²) < 4.78 is 23.2. The Morgan fingerprint density at radius 2 is 2.00 bits per heavy atom. The van der Waals surface area contributed by atoms with Crippen LogP contribution in [0.2, 0.25) is 0 Å². The van der Waals surface area contributed by atoms with Gasteiger partial charge in [-0.15, -0.1) is 11.8 Å². The second-order valence-electron chi connectivity index (χ2n) is 5.20. The van der Waals surface area contributed by atoms with Crippen molar-refractivity contribution in [1.82, 2.24) is 10.6 Å². The topological polar surface area (TPSA) is 75.3 Å². The fraction of sp³-hybridized carbons (Fsp3) is 0.917. The standard InChI is InChI=1S/C12H22N2O3S2/c15-12(9-18-10-3-5-13-6-4-10)14-8-11-2-1-7-19(11,16)17/h10-11,13H,1-9H2,(H,14,15). The number of amides is 1. The normalized spacial score (nSPS) is 27.3. The number of rotatable bonds is 5. The van der Waals surface area contributed by atoms with E-state index in [1.807, 2.05) is 0 Å². The molecule has 2 saturated heterocycles. The maximum Gasteiger partial charge on any atom is 0.230 e. The predicted molar refractivity (Wildman–Crippen MR) is 78.2 cm³/mol. The van der Waals surface area contributed by atoms with E-state index in [2.05, 4.69) is 10.6 Å². The third-order valence-corrected chi connectivity index (χ3v) is 7.37. The molecule has 2 rings (SSSR count). The zero-order chi connectivity index (χ0) is 13.7. The molecule has 0 bridgehead atoms. The highest BCUT2D eigenvalue weighted by molar-refractivity contribution is 8.00. The van der Waals surface area contributed by atoms with Gasteiger partial charge in [0.05, 0.1) is 16.8 Å². The Hall–Kier alpha value is -0.270. The van der Waals surface area contributed by atoms with E-state index < -0.39 is 9.84 Å². The summed E-state index contributed by atoms with van der Waals surface area (Å²) in [6.45, 7) is 2.34. The smallest absolute Gasteiger partial charge is 0.230 e. The van der Waals surface area contributed by atoms with Gasteiger partial charge in [-0.3, -0.25) is 4.79 Å². The average Bonchev–Trinajstić information content (AvgIpc) is 2.74. The SMILES string of the molecule is O=C(CSC1CCNCC1)NCC1CCCS1(=O)=O. The van der Waals surface area contributed by atoms with Crippen LogP contribution in [0.1, 0.15) is 25.7 Å². The van der Waals surface area contributed by atoms with Gasteiger partial charge in [-0.1, -0.05) is 0 Å². The summed E-state index contributed by atoms with van der Waals surface area (Å²) in [5, 5.41) is 6.26. The summed E-state index contributed by atoms with van der Waals surface area (Å²) in [4.78, 5) is 11.7. The van der Waals surface area contributed by atoms with Crippen LogP contribution < -0.4 is 10.6 Å². The molecule has 2 heterocycles. The van der Waals surface area contributed by atoms with Crippen LogP contribution >= 0.6 is 11.8 Å². The predicted octanol–water partition coefficient (Wildman–Crippen LogP) is 0.165. The van der Waals surface area contributed by atoms with Crippen LogP contribution in [0.3, 0.4) is 0 Å². The van der Waals surface area contributed by atoms with Crippen molar-refractivity contribution in [3.63, 3.8) is 0 Å². The maximum atomic E-state index is 11.7. The number of nitrogens with one attached hydrogen (secondary N) is 2. The lowest BCUT2D eigenvalue weighted by Crippen LogP contribution is -2.36. The lowest BCUT2D eigenvalue weighted by Gasteiger charge is -2.21. The highest BCUT2D eigenvalue weighted by atomic mass is 32.2. The molecular weight excluding hydrogens is 284 g/mol. The van der Waals surface area contributed by atoms with Gasteiger partial charge in [0, 0.05) is 11.8 Å². The van der Waals surface area contributed by atoms with Gasteiger partial charge in [0.2, 0.25) is 5.91 Å². The molecular formula is C12H22N2O3S2.